The summed E-state index contributed by atoms with van der Waals surface area (Å²) in [7, 11) is 3.88. The van der Waals surface area contributed by atoms with Gasteiger partial charge in [-0.15, -0.1) is 0 Å². The van der Waals surface area contributed by atoms with Gasteiger partial charge in [-0.2, -0.15) is 15.0 Å². The SMILES string of the molecule is CCNc1nc(SCCN(CC)CC)nc(N(C)C)n1. The van der Waals surface area contributed by atoms with E-state index in [9.17, 15) is 0 Å². The van der Waals surface area contributed by atoms with Gasteiger partial charge in [-0.3, -0.25) is 0 Å². The van der Waals surface area contributed by atoms with Crippen molar-refractivity contribution in [2.45, 2.75) is 25.9 Å². The largest absolute Gasteiger partial charge is 0.354 e. The van der Waals surface area contributed by atoms with Gasteiger partial charge >= 0.3 is 0 Å². The van der Waals surface area contributed by atoms with Crippen LogP contribution in [0.5, 0.6) is 0 Å². The summed E-state index contributed by atoms with van der Waals surface area (Å²) in [6, 6.07) is 0. The highest BCUT2D eigenvalue weighted by atomic mass is 32.2. The lowest BCUT2D eigenvalue weighted by Crippen LogP contribution is -2.25. The maximum atomic E-state index is 4.47. The van der Waals surface area contributed by atoms with Crippen molar-refractivity contribution in [3.8, 4) is 0 Å². The molecule has 114 valence electrons. The van der Waals surface area contributed by atoms with Crippen LogP contribution in [0, 0.1) is 0 Å². The van der Waals surface area contributed by atoms with Gasteiger partial charge in [0.2, 0.25) is 11.9 Å². The molecule has 0 bridgehead atoms. The molecule has 1 aromatic rings. The van der Waals surface area contributed by atoms with Crippen molar-refractivity contribution in [2.24, 2.45) is 0 Å². The lowest BCUT2D eigenvalue weighted by atomic mass is 10.5. The van der Waals surface area contributed by atoms with Gasteiger partial charge in [0, 0.05) is 32.9 Å². The van der Waals surface area contributed by atoms with Crippen LogP contribution >= 0.6 is 11.8 Å². The molecule has 20 heavy (non-hydrogen) atoms. The van der Waals surface area contributed by atoms with E-state index in [1.165, 1.54) is 0 Å². The molecular weight excluding hydrogens is 272 g/mol. The zero-order valence-corrected chi connectivity index (χ0v) is 14.0. The topological polar surface area (TPSA) is 57.2 Å². The maximum absolute atomic E-state index is 4.47. The Labute approximate surface area is 126 Å². The average molecular weight is 298 g/mol. The lowest BCUT2D eigenvalue weighted by Gasteiger charge is -2.17. The van der Waals surface area contributed by atoms with Gasteiger partial charge < -0.3 is 15.1 Å². The van der Waals surface area contributed by atoms with Gasteiger partial charge in [0.15, 0.2) is 5.16 Å². The van der Waals surface area contributed by atoms with E-state index in [1.807, 2.05) is 25.9 Å². The van der Waals surface area contributed by atoms with Crippen LogP contribution in [-0.4, -0.2) is 65.9 Å². The van der Waals surface area contributed by atoms with Crippen LogP contribution in [-0.2, 0) is 0 Å². The third-order valence-electron chi connectivity index (χ3n) is 2.87. The predicted molar refractivity (Wildman–Crippen MR) is 86.8 cm³/mol. The van der Waals surface area contributed by atoms with Crippen LogP contribution in [0.1, 0.15) is 20.8 Å². The van der Waals surface area contributed by atoms with Crippen molar-refractivity contribution in [2.75, 3.05) is 56.2 Å². The number of nitrogens with zero attached hydrogens (tertiary/aromatic N) is 5. The molecule has 0 saturated heterocycles. The summed E-state index contributed by atoms with van der Waals surface area (Å²) in [4.78, 5) is 17.6. The van der Waals surface area contributed by atoms with Crippen LogP contribution in [0.3, 0.4) is 0 Å². The Kier molecular flexibility index (Phi) is 7.61. The fourth-order valence-electron chi connectivity index (χ4n) is 1.65. The quantitative estimate of drug-likeness (QED) is 0.698. The summed E-state index contributed by atoms with van der Waals surface area (Å²) in [5.74, 6) is 2.34. The van der Waals surface area contributed by atoms with E-state index in [0.717, 1.165) is 37.1 Å². The van der Waals surface area contributed by atoms with Crippen molar-refractivity contribution in [3.63, 3.8) is 0 Å². The van der Waals surface area contributed by atoms with Gasteiger partial charge in [0.05, 0.1) is 0 Å². The first-order valence-electron chi connectivity index (χ1n) is 7.13. The van der Waals surface area contributed by atoms with Crippen LogP contribution in [0.4, 0.5) is 11.9 Å². The third kappa shape index (κ3) is 5.50. The molecule has 6 nitrogen and oxygen atoms in total. The van der Waals surface area contributed by atoms with E-state index in [0.29, 0.717) is 11.9 Å². The van der Waals surface area contributed by atoms with E-state index in [4.69, 9.17) is 0 Å². The van der Waals surface area contributed by atoms with Gasteiger partial charge in [0.1, 0.15) is 0 Å². The van der Waals surface area contributed by atoms with E-state index < -0.39 is 0 Å². The number of hydrogen-bond acceptors (Lipinski definition) is 7. The van der Waals surface area contributed by atoms with Crippen LogP contribution in [0.15, 0.2) is 5.16 Å². The zero-order chi connectivity index (χ0) is 15.0. The highest BCUT2D eigenvalue weighted by molar-refractivity contribution is 7.99. The monoisotopic (exact) mass is 298 g/mol. The first-order valence-corrected chi connectivity index (χ1v) is 8.11. The molecular formula is C13H26N6S. The van der Waals surface area contributed by atoms with E-state index in [-0.39, 0.29) is 0 Å². The summed E-state index contributed by atoms with van der Waals surface area (Å²) in [6.07, 6.45) is 0. The molecule has 0 saturated carbocycles. The fourth-order valence-corrected chi connectivity index (χ4v) is 2.48. The second-order valence-electron chi connectivity index (χ2n) is 4.54. The normalized spacial score (nSPS) is 10.9. The first kappa shape index (κ1) is 17.0. The summed E-state index contributed by atoms with van der Waals surface area (Å²) in [5, 5.41) is 3.94. The molecule has 0 fully saturated rings. The molecule has 0 amide bonds. The smallest absolute Gasteiger partial charge is 0.230 e. The minimum atomic E-state index is 0.650. The van der Waals surface area contributed by atoms with Crippen molar-refractivity contribution in [1.82, 2.24) is 19.9 Å². The predicted octanol–water partition coefficient (Wildman–Crippen LogP) is 1.80. The Morgan fingerprint density at radius 3 is 2.30 bits per heavy atom. The van der Waals surface area contributed by atoms with Crippen molar-refractivity contribution in [1.29, 1.82) is 0 Å². The lowest BCUT2D eigenvalue weighted by molar-refractivity contribution is 0.324. The van der Waals surface area contributed by atoms with Gasteiger partial charge in [-0.05, 0) is 20.0 Å². The number of thioether (sulfide) groups is 1. The highest BCUT2D eigenvalue weighted by Gasteiger charge is 2.08. The second-order valence-corrected chi connectivity index (χ2v) is 5.60. The Morgan fingerprint density at radius 2 is 1.75 bits per heavy atom. The molecule has 1 rings (SSSR count). The van der Waals surface area contributed by atoms with Gasteiger partial charge in [-0.1, -0.05) is 25.6 Å². The van der Waals surface area contributed by atoms with Gasteiger partial charge in [-0.25, -0.2) is 0 Å². The van der Waals surface area contributed by atoms with E-state index >= 15 is 0 Å². The van der Waals surface area contributed by atoms with Crippen molar-refractivity contribution >= 4 is 23.7 Å². The molecule has 1 N–H and O–H groups in total. The van der Waals surface area contributed by atoms with E-state index in [1.54, 1.807) is 11.8 Å². The molecule has 0 aromatic carbocycles. The van der Waals surface area contributed by atoms with Crippen LogP contribution in [0.2, 0.25) is 0 Å². The Morgan fingerprint density at radius 1 is 1.05 bits per heavy atom. The standard InChI is InChI=1S/C13H26N6S/c1-6-14-11-15-12(18(4)5)17-13(16-11)20-10-9-19(7-2)8-3/h6-10H2,1-5H3,(H,14,15,16,17). The molecule has 0 atom stereocenters. The van der Waals surface area contributed by atoms with E-state index in [2.05, 4.69) is 39.0 Å². The van der Waals surface area contributed by atoms with Crippen LogP contribution in [0.25, 0.3) is 0 Å². The average Bonchev–Trinajstić information content (AvgIpc) is 2.44. The minimum Gasteiger partial charge on any atom is -0.354 e. The number of nitrogens with one attached hydrogen (secondary N) is 1. The molecule has 0 aliphatic rings. The Balaban J connectivity index is 2.68. The zero-order valence-electron chi connectivity index (χ0n) is 13.2. The molecule has 0 aliphatic heterocycles. The molecule has 1 aromatic heterocycles. The molecule has 1 heterocycles. The summed E-state index contributed by atoms with van der Waals surface area (Å²) in [5.41, 5.74) is 0. The Bertz CT molecular complexity index is 394. The van der Waals surface area contributed by atoms with Crippen LogP contribution < -0.4 is 10.2 Å². The number of rotatable bonds is 9. The van der Waals surface area contributed by atoms with Crippen molar-refractivity contribution < 1.29 is 0 Å². The summed E-state index contributed by atoms with van der Waals surface area (Å²) in [6.45, 7) is 10.4. The fraction of sp³-hybridized carbons (Fsp3) is 0.769. The summed E-state index contributed by atoms with van der Waals surface area (Å²) >= 11 is 1.68. The molecule has 0 spiro atoms. The third-order valence-corrected chi connectivity index (χ3v) is 3.70. The molecule has 0 aliphatic carbocycles. The molecule has 0 radical (unpaired) electrons. The second kappa shape index (κ2) is 8.97. The maximum Gasteiger partial charge on any atom is 0.230 e. The molecule has 0 unspecified atom stereocenters. The number of hydrogen-bond donors (Lipinski definition) is 1. The minimum absolute atomic E-state index is 0.650. The first-order chi connectivity index (χ1) is 9.60. The van der Waals surface area contributed by atoms with Gasteiger partial charge in [0.25, 0.3) is 0 Å². The molecule has 7 heteroatoms. The highest BCUT2D eigenvalue weighted by Crippen LogP contribution is 2.17. The van der Waals surface area contributed by atoms with Crippen molar-refractivity contribution in [3.05, 3.63) is 0 Å². The number of anilines is 2. The number of aromatic nitrogens is 3. The summed E-state index contributed by atoms with van der Waals surface area (Å²) < 4.78 is 0. The Hall–Kier alpha value is -1.08.